The predicted octanol–water partition coefficient (Wildman–Crippen LogP) is 6.42. The van der Waals surface area contributed by atoms with Crippen molar-refractivity contribution in [1.82, 2.24) is 4.98 Å². The first-order valence-corrected chi connectivity index (χ1v) is 13.8. The number of nitrogens with zero attached hydrogens (tertiary/aromatic N) is 2. The van der Waals surface area contributed by atoms with Gasteiger partial charge in [-0.15, -0.1) is 0 Å². The standard InChI is InChI=1S/C31H27FN2O6S/c1-4-15-40-23-14-9-19(16-24(23)39-6-3)27-26(28(35)18-7-10-20(32)11-8-18)29(36)30(37)34(27)31-33-22-13-12-21(38-5-2)17-25(22)41-31/h4,7-14,16-17,27,35H,1,5-6,15H2,2-3H3/b28-26+. The maximum absolute atomic E-state index is 13.6. The molecule has 1 aromatic heterocycles. The van der Waals surface area contributed by atoms with Crippen molar-refractivity contribution in [3.63, 3.8) is 0 Å². The van der Waals surface area contributed by atoms with Gasteiger partial charge in [0.15, 0.2) is 16.6 Å². The van der Waals surface area contributed by atoms with Gasteiger partial charge in [-0.25, -0.2) is 9.37 Å². The SMILES string of the molecule is C=CCOc1ccc(C2/C(=C(\O)c3ccc(F)cc3)C(=O)C(=O)N2c2nc3ccc(OCC)cc3s2)cc1OCC. The number of aliphatic hydroxyl groups excluding tert-OH is 1. The van der Waals surface area contributed by atoms with Gasteiger partial charge >= 0.3 is 5.91 Å². The summed E-state index contributed by atoms with van der Waals surface area (Å²) in [5.74, 6) is -1.18. The fourth-order valence-electron chi connectivity index (χ4n) is 4.59. The van der Waals surface area contributed by atoms with Gasteiger partial charge in [-0.2, -0.15) is 0 Å². The molecule has 1 atom stereocenters. The number of rotatable bonds is 10. The Balaban J connectivity index is 1.70. The molecule has 0 bridgehead atoms. The van der Waals surface area contributed by atoms with Crippen molar-refractivity contribution in [3.8, 4) is 17.2 Å². The number of fused-ring (bicyclic) bond motifs is 1. The van der Waals surface area contributed by atoms with Crippen LogP contribution in [0.2, 0.25) is 0 Å². The van der Waals surface area contributed by atoms with E-state index in [1.54, 1.807) is 36.4 Å². The molecule has 0 saturated carbocycles. The summed E-state index contributed by atoms with van der Waals surface area (Å²) in [6.07, 6.45) is 1.60. The van der Waals surface area contributed by atoms with Crippen LogP contribution in [-0.4, -0.2) is 41.6 Å². The highest BCUT2D eigenvalue weighted by Gasteiger charge is 2.48. The van der Waals surface area contributed by atoms with Crippen molar-refractivity contribution < 1.29 is 33.3 Å². The fourth-order valence-corrected chi connectivity index (χ4v) is 5.61. The summed E-state index contributed by atoms with van der Waals surface area (Å²) in [6.45, 7) is 8.45. The van der Waals surface area contributed by atoms with E-state index in [4.69, 9.17) is 14.2 Å². The highest BCUT2D eigenvalue weighted by Crippen LogP contribution is 2.46. The molecule has 0 spiro atoms. The number of aliphatic hydroxyl groups is 1. The van der Waals surface area contributed by atoms with E-state index in [0.29, 0.717) is 41.5 Å². The number of hydrogen-bond donors (Lipinski definition) is 1. The molecule has 3 aromatic carbocycles. The monoisotopic (exact) mass is 574 g/mol. The Morgan fingerprint density at radius 1 is 1.02 bits per heavy atom. The molecule has 4 aromatic rings. The maximum Gasteiger partial charge on any atom is 0.301 e. The van der Waals surface area contributed by atoms with Gasteiger partial charge in [-0.3, -0.25) is 14.5 Å². The zero-order valence-electron chi connectivity index (χ0n) is 22.4. The van der Waals surface area contributed by atoms with E-state index in [9.17, 15) is 19.1 Å². The summed E-state index contributed by atoms with van der Waals surface area (Å²) in [5, 5.41) is 11.6. The Bertz CT molecular complexity index is 1660. The van der Waals surface area contributed by atoms with Crippen molar-refractivity contribution in [2.75, 3.05) is 24.7 Å². The van der Waals surface area contributed by atoms with Crippen LogP contribution in [0, 0.1) is 5.82 Å². The molecule has 2 heterocycles. The predicted molar refractivity (Wildman–Crippen MR) is 155 cm³/mol. The van der Waals surface area contributed by atoms with Crippen LogP contribution in [0.1, 0.15) is 31.0 Å². The van der Waals surface area contributed by atoms with E-state index in [0.717, 1.165) is 4.70 Å². The normalized spacial score (nSPS) is 16.3. The van der Waals surface area contributed by atoms with E-state index in [1.807, 2.05) is 19.9 Å². The summed E-state index contributed by atoms with van der Waals surface area (Å²) in [5.41, 5.74) is 1.14. The van der Waals surface area contributed by atoms with E-state index >= 15 is 0 Å². The average Bonchev–Trinajstić information content (AvgIpc) is 3.50. The van der Waals surface area contributed by atoms with Gasteiger partial charge < -0.3 is 19.3 Å². The molecule has 210 valence electrons. The minimum absolute atomic E-state index is 0.155. The Hall–Kier alpha value is -4.70. The third-order valence-corrected chi connectivity index (χ3v) is 7.39. The third-order valence-electron chi connectivity index (χ3n) is 6.37. The first-order valence-electron chi connectivity index (χ1n) is 13.0. The molecule has 1 unspecified atom stereocenters. The number of benzene rings is 3. The van der Waals surface area contributed by atoms with Crippen molar-refractivity contribution in [1.29, 1.82) is 0 Å². The van der Waals surface area contributed by atoms with E-state index in [-0.39, 0.29) is 22.9 Å². The van der Waals surface area contributed by atoms with Crippen molar-refractivity contribution in [3.05, 3.63) is 95.8 Å². The highest BCUT2D eigenvalue weighted by atomic mass is 32.1. The van der Waals surface area contributed by atoms with Crippen LogP contribution in [0.5, 0.6) is 17.2 Å². The van der Waals surface area contributed by atoms with Crippen LogP contribution in [0.15, 0.2) is 78.9 Å². The molecule has 1 fully saturated rings. The van der Waals surface area contributed by atoms with Crippen LogP contribution in [0.25, 0.3) is 16.0 Å². The second-order valence-corrected chi connectivity index (χ2v) is 9.98. The van der Waals surface area contributed by atoms with Crippen molar-refractivity contribution in [2.45, 2.75) is 19.9 Å². The van der Waals surface area contributed by atoms with Gasteiger partial charge in [-0.05, 0) is 74.0 Å². The second-order valence-electron chi connectivity index (χ2n) is 8.97. The third kappa shape index (κ3) is 5.38. The quantitative estimate of drug-likeness (QED) is 0.101. The molecule has 8 nitrogen and oxygen atoms in total. The van der Waals surface area contributed by atoms with Gasteiger partial charge in [0.1, 0.15) is 23.9 Å². The number of carbonyl (C=O) groups is 2. The molecule has 5 rings (SSSR count). The molecular formula is C31H27FN2O6S. The minimum Gasteiger partial charge on any atom is -0.507 e. The molecule has 1 amide bonds. The summed E-state index contributed by atoms with van der Waals surface area (Å²) >= 11 is 1.22. The molecule has 1 N–H and O–H groups in total. The number of hydrogen-bond acceptors (Lipinski definition) is 8. The summed E-state index contributed by atoms with van der Waals surface area (Å²) in [7, 11) is 0. The molecular weight excluding hydrogens is 547 g/mol. The zero-order chi connectivity index (χ0) is 29.1. The first-order chi connectivity index (χ1) is 19.9. The number of ketones is 1. The highest BCUT2D eigenvalue weighted by molar-refractivity contribution is 7.22. The molecule has 0 radical (unpaired) electrons. The Kier molecular flexibility index (Phi) is 8.02. The molecule has 10 heteroatoms. The van der Waals surface area contributed by atoms with Crippen LogP contribution in [0.4, 0.5) is 9.52 Å². The lowest BCUT2D eigenvalue weighted by Crippen LogP contribution is -2.29. The average molecular weight is 575 g/mol. The van der Waals surface area contributed by atoms with E-state index in [2.05, 4.69) is 11.6 Å². The largest absolute Gasteiger partial charge is 0.507 e. The van der Waals surface area contributed by atoms with E-state index < -0.39 is 29.3 Å². The van der Waals surface area contributed by atoms with Gasteiger partial charge in [-0.1, -0.05) is 30.1 Å². The minimum atomic E-state index is -1.06. The molecule has 1 aliphatic heterocycles. The van der Waals surface area contributed by atoms with Crippen molar-refractivity contribution >= 4 is 44.1 Å². The number of amides is 1. The maximum atomic E-state index is 13.6. The Morgan fingerprint density at radius 2 is 1.78 bits per heavy atom. The number of thiazole rings is 1. The van der Waals surface area contributed by atoms with Crippen molar-refractivity contribution in [2.24, 2.45) is 0 Å². The fraction of sp³-hybridized carbons (Fsp3) is 0.194. The lowest BCUT2D eigenvalue weighted by atomic mass is 9.95. The number of ether oxygens (including phenoxy) is 3. The van der Waals surface area contributed by atoms with E-state index in [1.165, 1.54) is 40.5 Å². The number of anilines is 1. The second kappa shape index (κ2) is 11.8. The molecule has 1 saturated heterocycles. The van der Waals surface area contributed by atoms with Gasteiger partial charge in [0.25, 0.3) is 5.78 Å². The van der Waals surface area contributed by atoms with Gasteiger partial charge in [0.2, 0.25) is 0 Å². The lowest BCUT2D eigenvalue weighted by Gasteiger charge is -2.24. The zero-order valence-corrected chi connectivity index (χ0v) is 23.2. The number of halogens is 1. The smallest absolute Gasteiger partial charge is 0.301 e. The Morgan fingerprint density at radius 3 is 2.49 bits per heavy atom. The topological polar surface area (TPSA) is 98.2 Å². The van der Waals surface area contributed by atoms with Gasteiger partial charge in [0, 0.05) is 5.56 Å². The summed E-state index contributed by atoms with van der Waals surface area (Å²) < 4.78 is 31.5. The number of carbonyl (C=O) groups excluding carboxylic acids is 2. The lowest BCUT2D eigenvalue weighted by molar-refractivity contribution is -0.132. The number of aromatic nitrogens is 1. The first kappa shape index (κ1) is 27.9. The van der Waals surface area contributed by atoms with Crippen LogP contribution in [0.3, 0.4) is 0 Å². The van der Waals surface area contributed by atoms with Crippen LogP contribution < -0.4 is 19.1 Å². The summed E-state index contributed by atoms with van der Waals surface area (Å²) in [6, 6.07) is 14.4. The summed E-state index contributed by atoms with van der Waals surface area (Å²) in [4.78, 5) is 33.1. The Labute approximate surface area is 239 Å². The van der Waals surface area contributed by atoms with Crippen LogP contribution >= 0.6 is 11.3 Å². The number of Topliss-reactive ketones (excluding diaryl/α,β-unsaturated/α-hetero) is 1. The van der Waals surface area contributed by atoms with Crippen LogP contribution in [-0.2, 0) is 9.59 Å². The molecule has 1 aliphatic rings. The molecule has 41 heavy (non-hydrogen) atoms. The van der Waals surface area contributed by atoms with Gasteiger partial charge in [0.05, 0.1) is 35.0 Å². The molecule has 0 aliphatic carbocycles.